The molecule has 0 fully saturated rings. The van der Waals surface area contributed by atoms with Gasteiger partial charge < -0.3 is 0 Å². The van der Waals surface area contributed by atoms with Crippen molar-refractivity contribution in [2.75, 3.05) is 5.75 Å². The van der Waals surface area contributed by atoms with E-state index in [1.54, 1.807) is 0 Å². The Morgan fingerprint density at radius 1 is 0.731 bits per heavy atom. The van der Waals surface area contributed by atoms with Crippen LogP contribution in [0, 0.1) is 0 Å². The molecule has 1 heteroatoms. The summed E-state index contributed by atoms with van der Waals surface area (Å²) in [7, 11) is 0. The average molecular weight is 357 g/mol. The SMILES string of the molecule is CCCCSCc1ccccc1-c1c2ccccc2cc2ccccc12. The van der Waals surface area contributed by atoms with Crippen molar-refractivity contribution in [2.24, 2.45) is 0 Å². The molecule has 0 saturated heterocycles. The highest BCUT2D eigenvalue weighted by Gasteiger charge is 2.12. The van der Waals surface area contributed by atoms with E-state index in [2.05, 4.69) is 97.5 Å². The molecule has 0 nitrogen and oxygen atoms in total. The molecular formula is C25H24S. The summed E-state index contributed by atoms with van der Waals surface area (Å²) >= 11 is 2.05. The quantitative estimate of drug-likeness (QED) is 0.252. The van der Waals surface area contributed by atoms with E-state index in [-0.39, 0.29) is 0 Å². The van der Waals surface area contributed by atoms with E-state index in [9.17, 15) is 0 Å². The van der Waals surface area contributed by atoms with Gasteiger partial charge in [-0.2, -0.15) is 11.8 Å². The predicted molar refractivity (Wildman–Crippen MR) is 118 cm³/mol. The van der Waals surface area contributed by atoms with Gasteiger partial charge in [0.25, 0.3) is 0 Å². The third kappa shape index (κ3) is 3.37. The standard InChI is InChI=1S/C25H24S/c1-2-3-16-26-18-21-12-6-9-15-24(21)25-22-13-7-4-10-19(22)17-20-11-5-8-14-23(20)25/h4-15,17H,2-3,16,18H2,1H3. The third-order valence-electron chi connectivity index (χ3n) is 4.96. The summed E-state index contributed by atoms with van der Waals surface area (Å²) in [5.74, 6) is 2.31. The van der Waals surface area contributed by atoms with Crippen LogP contribution in [0.2, 0.25) is 0 Å². The highest BCUT2D eigenvalue weighted by Crippen LogP contribution is 2.38. The molecule has 0 atom stereocenters. The van der Waals surface area contributed by atoms with Crippen molar-refractivity contribution in [2.45, 2.75) is 25.5 Å². The topological polar surface area (TPSA) is 0 Å². The van der Waals surface area contributed by atoms with Crippen LogP contribution in [0.1, 0.15) is 25.3 Å². The van der Waals surface area contributed by atoms with Crippen LogP contribution in [0.5, 0.6) is 0 Å². The Bertz CT molecular complexity index is 978. The summed E-state index contributed by atoms with van der Waals surface area (Å²) in [5.41, 5.74) is 4.20. The summed E-state index contributed by atoms with van der Waals surface area (Å²) in [5, 5.41) is 5.32. The second kappa shape index (κ2) is 7.97. The van der Waals surface area contributed by atoms with Crippen molar-refractivity contribution >= 4 is 33.3 Å². The van der Waals surface area contributed by atoms with E-state index in [0.29, 0.717) is 0 Å². The van der Waals surface area contributed by atoms with Gasteiger partial charge in [0, 0.05) is 5.75 Å². The van der Waals surface area contributed by atoms with Crippen LogP contribution in [0.15, 0.2) is 78.9 Å². The molecule has 4 aromatic rings. The Hall–Kier alpha value is -2.25. The summed E-state index contributed by atoms with van der Waals surface area (Å²) < 4.78 is 0. The first kappa shape index (κ1) is 17.2. The highest BCUT2D eigenvalue weighted by atomic mass is 32.2. The number of unbranched alkanes of at least 4 members (excludes halogenated alkanes) is 1. The molecule has 130 valence electrons. The van der Waals surface area contributed by atoms with E-state index in [1.807, 2.05) is 0 Å². The molecule has 0 aliphatic carbocycles. The molecule has 0 saturated carbocycles. The monoisotopic (exact) mass is 356 g/mol. The fraction of sp³-hybridized carbons (Fsp3) is 0.200. The minimum Gasteiger partial charge on any atom is -0.157 e. The maximum Gasteiger partial charge on any atom is 0.0190 e. The van der Waals surface area contributed by atoms with Crippen molar-refractivity contribution < 1.29 is 0 Å². The van der Waals surface area contributed by atoms with E-state index in [0.717, 1.165) is 5.75 Å². The van der Waals surface area contributed by atoms with E-state index in [1.165, 1.54) is 56.8 Å². The fourth-order valence-electron chi connectivity index (χ4n) is 3.62. The lowest BCUT2D eigenvalue weighted by atomic mass is 9.90. The van der Waals surface area contributed by atoms with Gasteiger partial charge in [0.1, 0.15) is 0 Å². The minimum atomic E-state index is 1.08. The number of benzene rings is 4. The first-order valence-corrected chi connectivity index (χ1v) is 10.6. The van der Waals surface area contributed by atoms with Gasteiger partial charge in [0.15, 0.2) is 0 Å². The second-order valence-electron chi connectivity index (χ2n) is 6.76. The Kier molecular flexibility index (Phi) is 5.26. The Balaban J connectivity index is 1.90. The van der Waals surface area contributed by atoms with Crippen molar-refractivity contribution in [3.05, 3.63) is 84.4 Å². The van der Waals surface area contributed by atoms with Crippen LogP contribution < -0.4 is 0 Å². The van der Waals surface area contributed by atoms with Crippen LogP contribution in [0.3, 0.4) is 0 Å². The average Bonchev–Trinajstić information content (AvgIpc) is 2.70. The van der Waals surface area contributed by atoms with Gasteiger partial charge in [-0.3, -0.25) is 0 Å². The first-order chi connectivity index (χ1) is 12.9. The number of hydrogen-bond acceptors (Lipinski definition) is 1. The molecule has 0 aliphatic rings. The number of hydrogen-bond donors (Lipinski definition) is 0. The summed E-state index contributed by atoms with van der Waals surface area (Å²) in [6.45, 7) is 2.26. The van der Waals surface area contributed by atoms with Gasteiger partial charge in [-0.15, -0.1) is 0 Å². The van der Waals surface area contributed by atoms with Gasteiger partial charge in [0.2, 0.25) is 0 Å². The van der Waals surface area contributed by atoms with Crippen molar-refractivity contribution in [1.29, 1.82) is 0 Å². The van der Waals surface area contributed by atoms with Gasteiger partial charge in [0.05, 0.1) is 0 Å². The Labute approximate surface area is 160 Å². The molecule has 0 bridgehead atoms. The van der Waals surface area contributed by atoms with Gasteiger partial charge >= 0.3 is 0 Å². The molecule has 26 heavy (non-hydrogen) atoms. The maximum absolute atomic E-state index is 2.31. The largest absolute Gasteiger partial charge is 0.157 e. The summed E-state index contributed by atoms with van der Waals surface area (Å²) in [4.78, 5) is 0. The molecule has 0 unspecified atom stereocenters. The smallest absolute Gasteiger partial charge is 0.0190 e. The molecule has 0 radical (unpaired) electrons. The lowest BCUT2D eigenvalue weighted by molar-refractivity contribution is 0.896. The lowest BCUT2D eigenvalue weighted by Gasteiger charge is -2.15. The minimum absolute atomic E-state index is 1.08. The van der Waals surface area contributed by atoms with E-state index < -0.39 is 0 Å². The fourth-order valence-corrected chi connectivity index (χ4v) is 4.73. The molecular weight excluding hydrogens is 332 g/mol. The Morgan fingerprint density at radius 3 is 2.04 bits per heavy atom. The van der Waals surface area contributed by atoms with Gasteiger partial charge in [-0.25, -0.2) is 0 Å². The van der Waals surface area contributed by atoms with Crippen molar-refractivity contribution in [3.63, 3.8) is 0 Å². The zero-order chi connectivity index (χ0) is 17.8. The zero-order valence-electron chi connectivity index (χ0n) is 15.2. The van der Waals surface area contributed by atoms with Gasteiger partial charge in [-0.05, 0) is 56.5 Å². The number of rotatable bonds is 6. The zero-order valence-corrected chi connectivity index (χ0v) is 16.1. The van der Waals surface area contributed by atoms with Gasteiger partial charge in [-0.1, -0.05) is 86.1 Å². The molecule has 0 spiro atoms. The van der Waals surface area contributed by atoms with Crippen LogP contribution in [-0.2, 0) is 5.75 Å². The molecule has 4 aromatic carbocycles. The highest BCUT2D eigenvalue weighted by molar-refractivity contribution is 7.98. The summed E-state index contributed by atoms with van der Waals surface area (Å²) in [6.07, 6.45) is 2.56. The molecule has 4 rings (SSSR count). The van der Waals surface area contributed by atoms with Crippen molar-refractivity contribution in [1.82, 2.24) is 0 Å². The van der Waals surface area contributed by atoms with Crippen molar-refractivity contribution in [3.8, 4) is 11.1 Å². The van der Waals surface area contributed by atoms with E-state index in [4.69, 9.17) is 0 Å². The molecule has 0 aromatic heterocycles. The normalized spacial score (nSPS) is 11.3. The molecule has 0 heterocycles. The predicted octanol–water partition coefficient (Wildman–Crippen LogP) is 7.69. The molecule has 0 amide bonds. The lowest BCUT2D eigenvalue weighted by Crippen LogP contribution is -1.92. The number of fused-ring (bicyclic) bond motifs is 2. The van der Waals surface area contributed by atoms with Crippen LogP contribution in [0.25, 0.3) is 32.7 Å². The van der Waals surface area contributed by atoms with Crippen LogP contribution in [0.4, 0.5) is 0 Å². The number of thioether (sulfide) groups is 1. The van der Waals surface area contributed by atoms with Crippen LogP contribution >= 0.6 is 11.8 Å². The molecule has 0 aliphatic heterocycles. The maximum atomic E-state index is 2.31. The first-order valence-electron chi connectivity index (χ1n) is 9.45. The van der Waals surface area contributed by atoms with E-state index >= 15 is 0 Å². The van der Waals surface area contributed by atoms with Crippen LogP contribution in [-0.4, -0.2) is 5.75 Å². The second-order valence-corrected chi connectivity index (χ2v) is 7.86. The third-order valence-corrected chi connectivity index (χ3v) is 6.05. The molecule has 0 N–H and O–H groups in total. The summed E-state index contributed by atoms with van der Waals surface area (Å²) in [6, 6.07) is 28.8. The Morgan fingerprint density at radius 2 is 1.35 bits per heavy atom.